The lowest BCUT2D eigenvalue weighted by Crippen LogP contribution is -2.36. The number of carbonyl (C=O) groups is 1. The molecule has 2 fully saturated rings. The quantitative estimate of drug-likeness (QED) is 0.0804. The number of nitro groups is 1. The largest absolute Gasteiger partial charge is 0.474 e. The summed E-state index contributed by atoms with van der Waals surface area (Å²) in [7, 11) is -4.58. The van der Waals surface area contributed by atoms with E-state index in [2.05, 4.69) is 45.9 Å². The molecule has 5 heterocycles. The van der Waals surface area contributed by atoms with Gasteiger partial charge < -0.3 is 29.4 Å². The molecule has 17 heteroatoms. The minimum Gasteiger partial charge on any atom is -0.474 e. The van der Waals surface area contributed by atoms with Crippen molar-refractivity contribution in [2.45, 2.75) is 62.9 Å². The van der Waals surface area contributed by atoms with E-state index in [1.807, 2.05) is 41.3 Å². The minimum atomic E-state index is -4.58. The Labute approximate surface area is 377 Å². The van der Waals surface area contributed by atoms with Crippen molar-refractivity contribution in [3.05, 3.63) is 116 Å². The van der Waals surface area contributed by atoms with E-state index in [1.165, 1.54) is 28.8 Å². The van der Waals surface area contributed by atoms with E-state index in [1.54, 1.807) is 12.3 Å². The number of rotatable bonds is 12. The zero-order chi connectivity index (χ0) is 44.6. The number of halogens is 1. The summed E-state index contributed by atoms with van der Waals surface area (Å²) in [5.41, 5.74) is 7.02. The number of likely N-dealkylation sites (tertiary alicyclic amines) is 1. The lowest BCUT2D eigenvalue weighted by Gasteiger charge is -2.38. The molecule has 9 rings (SSSR count). The van der Waals surface area contributed by atoms with E-state index in [9.17, 15) is 23.3 Å². The summed E-state index contributed by atoms with van der Waals surface area (Å²) in [6, 6.07) is 21.2. The van der Waals surface area contributed by atoms with Gasteiger partial charge in [-0.3, -0.25) is 19.8 Å². The smallest absolute Gasteiger partial charge is 0.293 e. The average Bonchev–Trinajstić information content (AvgIpc) is 3.76. The maximum absolute atomic E-state index is 14.3. The fourth-order valence-electron chi connectivity index (χ4n) is 9.33. The van der Waals surface area contributed by atoms with Gasteiger partial charge in [-0.05, 0) is 122 Å². The monoisotopic (exact) mass is 909 g/mol. The van der Waals surface area contributed by atoms with Gasteiger partial charge in [0.05, 0.1) is 53.5 Å². The van der Waals surface area contributed by atoms with Crippen LogP contribution in [0.25, 0.3) is 16.6 Å². The molecule has 3 aliphatic heterocycles. The van der Waals surface area contributed by atoms with Crippen LogP contribution in [0, 0.1) is 15.5 Å². The first-order valence-electron chi connectivity index (χ1n) is 21.8. The molecular weight excluding hydrogens is 858 g/mol. The number of pyridine rings is 1. The number of aromatic amines is 1. The molecule has 64 heavy (non-hydrogen) atoms. The maximum atomic E-state index is 14.3. The van der Waals surface area contributed by atoms with Gasteiger partial charge in [-0.15, -0.1) is 0 Å². The first-order valence-corrected chi connectivity index (χ1v) is 23.7. The summed E-state index contributed by atoms with van der Waals surface area (Å²) >= 11 is 6.27. The third kappa shape index (κ3) is 9.47. The maximum Gasteiger partial charge on any atom is 0.293 e. The Morgan fingerprint density at radius 2 is 1.81 bits per heavy atom. The first-order chi connectivity index (χ1) is 30.8. The number of amides is 1. The van der Waals surface area contributed by atoms with Gasteiger partial charge in [0.2, 0.25) is 5.88 Å². The number of H-pyrrole nitrogens is 1. The molecule has 0 radical (unpaired) electrons. The summed E-state index contributed by atoms with van der Waals surface area (Å²) in [6.45, 7) is 9.50. The van der Waals surface area contributed by atoms with E-state index in [-0.39, 0.29) is 41.8 Å². The van der Waals surface area contributed by atoms with Crippen LogP contribution in [0.2, 0.25) is 5.02 Å². The lowest BCUT2D eigenvalue weighted by molar-refractivity contribution is -0.384. The Kier molecular flexibility index (Phi) is 12.4. The zero-order valence-corrected chi connectivity index (χ0v) is 37.5. The third-order valence-electron chi connectivity index (χ3n) is 12.8. The molecule has 0 saturated carbocycles. The number of benzene rings is 3. The number of carbonyl (C=O) groups excluding carboxylic acids is 1. The molecule has 2 saturated heterocycles. The van der Waals surface area contributed by atoms with E-state index >= 15 is 0 Å². The molecule has 15 nitrogen and oxygen atoms in total. The highest BCUT2D eigenvalue weighted by atomic mass is 35.5. The van der Waals surface area contributed by atoms with Gasteiger partial charge in [0.1, 0.15) is 23.6 Å². The third-order valence-corrected chi connectivity index (χ3v) is 14.4. The molecule has 3 aromatic carbocycles. The molecule has 1 atom stereocenters. The predicted molar refractivity (Wildman–Crippen MR) is 246 cm³/mol. The molecule has 1 amide bonds. The van der Waals surface area contributed by atoms with Crippen LogP contribution in [0.15, 0.2) is 89.5 Å². The van der Waals surface area contributed by atoms with Crippen molar-refractivity contribution in [2.75, 3.05) is 69.4 Å². The Hall–Kier alpha value is -5.52. The minimum absolute atomic E-state index is 0.113. The van der Waals surface area contributed by atoms with Crippen LogP contribution in [-0.4, -0.2) is 99.4 Å². The number of aromatic nitrogens is 2. The fourth-order valence-corrected chi connectivity index (χ4v) is 10.4. The number of nitrogens with zero attached hydrogens (tertiary/aromatic N) is 4. The number of hydrogen-bond acceptors (Lipinski definition) is 12. The van der Waals surface area contributed by atoms with Gasteiger partial charge in [-0.1, -0.05) is 49.2 Å². The SMILES string of the molecule is CC1(C)CCC(CN2CCC(c3ccc(C(=O)NS(=O)(=O)c4ccc(NC[C@@H]5COCCO5)c([N+](=O)[O-])c4)c(N4CCOc5nc6[nH]ccc6cc54)c3)CC2)=C(c2ccc(Cl)cc2)C1. The molecular formula is C47H52ClN7O8S. The van der Waals surface area contributed by atoms with E-state index in [4.69, 9.17) is 30.8 Å². The average molecular weight is 910 g/mol. The standard InChI is InChI=1S/C47H52ClN7O8S/c1-47(2)15-11-34(39(26-47)31-3-6-35(48)7-4-31)28-53-17-13-30(14-18-53)32-5-9-38(41(23-32)54-19-20-63-46-43(54)24-33-12-16-49-44(33)51-46)45(56)52-64(59,60)37-8-10-40(42(25-37)55(57)58)50-27-36-29-61-21-22-62-36/h3-10,12,16,23-25,30,36,50H,11,13-15,17-22,26-29H2,1-2H3,(H,49,51)(H,52,56)/t36-/m1/s1. The van der Waals surface area contributed by atoms with Gasteiger partial charge >= 0.3 is 0 Å². The normalized spacial score (nSPS) is 19.5. The molecule has 5 aromatic rings. The highest BCUT2D eigenvalue weighted by molar-refractivity contribution is 7.90. The topological polar surface area (TPSA) is 181 Å². The number of nitro benzene ring substituents is 1. The molecule has 0 bridgehead atoms. The molecule has 4 aliphatic rings. The summed E-state index contributed by atoms with van der Waals surface area (Å²) in [4.78, 5) is 37.7. The van der Waals surface area contributed by atoms with Crippen LogP contribution in [0.3, 0.4) is 0 Å². The number of piperidine rings is 1. The Balaban J connectivity index is 0.975. The number of hydrogen-bond donors (Lipinski definition) is 3. The number of nitrogens with one attached hydrogen (secondary N) is 3. The Morgan fingerprint density at radius 1 is 1.00 bits per heavy atom. The van der Waals surface area contributed by atoms with Crippen molar-refractivity contribution >= 4 is 66.9 Å². The van der Waals surface area contributed by atoms with Gasteiger partial charge in [0, 0.05) is 35.8 Å². The second-order valence-corrected chi connectivity index (χ2v) is 19.9. The van der Waals surface area contributed by atoms with E-state index in [0.29, 0.717) is 49.3 Å². The van der Waals surface area contributed by atoms with Crippen LogP contribution < -0.4 is 19.7 Å². The highest BCUT2D eigenvalue weighted by Crippen LogP contribution is 2.45. The Bertz CT molecular complexity index is 2710. The van der Waals surface area contributed by atoms with Crippen LogP contribution in [0.4, 0.5) is 22.7 Å². The number of sulfonamides is 1. The lowest BCUT2D eigenvalue weighted by atomic mass is 9.72. The molecule has 336 valence electrons. The highest BCUT2D eigenvalue weighted by Gasteiger charge is 2.33. The van der Waals surface area contributed by atoms with E-state index < -0.39 is 31.4 Å². The van der Waals surface area contributed by atoms with Crippen molar-refractivity contribution in [2.24, 2.45) is 5.41 Å². The van der Waals surface area contributed by atoms with Crippen LogP contribution in [0.1, 0.15) is 73.4 Å². The van der Waals surface area contributed by atoms with Crippen LogP contribution in [0.5, 0.6) is 5.88 Å². The predicted octanol–water partition coefficient (Wildman–Crippen LogP) is 8.44. The Morgan fingerprint density at radius 3 is 2.58 bits per heavy atom. The van der Waals surface area contributed by atoms with Gasteiger partial charge in [0.15, 0.2) is 0 Å². The number of allylic oxidation sites excluding steroid dienone is 1. The van der Waals surface area contributed by atoms with Gasteiger partial charge in [0.25, 0.3) is 21.6 Å². The number of ether oxygens (including phenoxy) is 3. The van der Waals surface area contributed by atoms with Gasteiger partial charge in [-0.25, -0.2) is 13.1 Å². The molecule has 0 spiro atoms. The molecule has 2 aromatic heterocycles. The molecule has 1 aliphatic carbocycles. The van der Waals surface area contributed by atoms with Crippen molar-refractivity contribution in [3.8, 4) is 5.88 Å². The van der Waals surface area contributed by atoms with Crippen molar-refractivity contribution in [1.29, 1.82) is 0 Å². The fraction of sp³-hybridized carbons (Fsp3) is 0.404. The summed E-state index contributed by atoms with van der Waals surface area (Å²) in [5.74, 6) is -0.290. The van der Waals surface area contributed by atoms with Crippen molar-refractivity contribution < 1.29 is 32.3 Å². The summed E-state index contributed by atoms with van der Waals surface area (Å²) in [6.07, 6.45) is 6.52. The zero-order valence-electron chi connectivity index (χ0n) is 35.9. The second-order valence-electron chi connectivity index (χ2n) is 17.8. The van der Waals surface area contributed by atoms with Gasteiger partial charge in [-0.2, -0.15) is 4.98 Å². The molecule has 0 unspecified atom stereocenters. The number of anilines is 3. The van der Waals surface area contributed by atoms with Crippen molar-refractivity contribution in [1.82, 2.24) is 19.6 Å². The molecule has 3 N–H and O–H groups in total. The second kappa shape index (κ2) is 18.2. The summed E-state index contributed by atoms with van der Waals surface area (Å²) < 4.78 is 47.0. The summed E-state index contributed by atoms with van der Waals surface area (Å²) in [5, 5.41) is 16.7. The van der Waals surface area contributed by atoms with Crippen LogP contribution >= 0.6 is 11.6 Å². The van der Waals surface area contributed by atoms with Crippen LogP contribution in [-0.2, 0) is 19.5 Å². The first kappa shape index (κ1) is 43.7. The number of fused-ring (bicyclic) bond motifs is 2. The van der Waals surface area contributed by atoms with Crippen molar-refractivity contribution in [3.63, 3.8) is 0 Å². The van der Waals surface area contributed by atoms with E-state index in [0.717, 1.165) is 73.8 Å².